The first-order chi connectivity index (χ1) is 11.1. The molecule has 0 radical (unpaired) electrons. The Balaban J connectivity index is 1.85. The number of aromatic nitrogens is 3. The Kier molecular flexibility index (Phi) is 3.09. The van der Waals surface area contributed by atoms with Gasteiger partial charge < -0.3 is 4.98 Å². The topological polar surface area (TPSA) is 73.9 Å². The molecule has 0 saturated heterocycles. The number of H-pyrrole nitrogens is 2. The van der Waals surface area contributed by atoms with E-state index < -0.39 is 5.54 Å². The lowest BCUT2D eigenvalue weighted by atomic mass is 9.90. The summed E-state index contributed by atoms with van der Waals surface area (Å²) in [5, 5.41) is 13.9. The molecule has 116 valence electrons. The highest BCUT2D eigenvalue weighted by molar-refractivity contribution is 7.17. The second-order valence-electron chi connectivity index (χ2n) is 5.94. The van der Waals surface area contributed by atoms with Crippen molar-refractivity contribution in [3.05, 3.63) is 46.2 Å². The molecular formula is C17H16N4OS. The fraction of sp³-hybridized carbons (Fsp3) is 0.235. The third-order valence-electron chi connectivity index (χ3n) is 4.56. The van der Waals surface area contributed by atoms with Crippen LogP contribution >= 0.6 is 11.3 Å². The van der Waals surface area contributed by atoms with Crippen molar-refractivity contribution in [1.82, 2.24) is 15.2 Å². The summed E-state index contributed by atoms with van der Waals surface area (Å²) >= 11 is 1.67. The molecule has 0 aliphatic carbocycles. The van der Waals surface area contributed by atoms with Crippen molar-refractivity contribution in [2.45, 2.75) is 25.8 Å². The highest BCUT2D eigenvalue weighted by Gasteiger charge is 2.26. The number of nitrogens with zero attached hydrogens (tertiary/aromatic N) is 2. The minimum Gasteiger partial charge on any atom is -0.353 e. The van der Waals surface area contributed by atoms with Crippen molar-refractivity contribution in [2.75, 3.05) is 0 Å². The smallest absolute Gasteiger partial charge is 0.126 e. The quantitative estimate of drug-likeness (QED) is 0.508. The second-order valence-corrected chi connectivity index (χ2v) is 6.86. The first kappa shape index (κ1) is 14.1. The summed E-state index contributed by atoms with van der Waals surface area (Å²) in [6.45, 7) is 3.85. The van der Waals surface area contributed by atoms with E-state index in [2.05, 4.69) is 31.8 Å². The number of aromatic amines is 2. The second kappa shape index (κ2) is 5.03. The van der Waals surface area contributed by atoms with Crippen molar-refractivity contribution in [3.63, 3.8) is 0 Å². The molecule has 4 rings (SSSR count). The first-order valence-electron chi connectivity index (χ1n) is 7.54. The van der Waals surface area contributed by atoms with Gasteiger partial charge in [-0.3, -0.25) is 5.10 Å². The zero-order valence-corrected chi connectivity index (χ0v) is 13.7. The van der Waals surface area contributed by atoms with E-state index in [4.69, 9.17) is 0 Å². The van der Waals surface area contributed by atoms with Crippen LogP contribution in [-0.2, 0) is 5.54 Å². The number of hydrogen-bond donors (Lipinski definition) is 2. The lowest BCUT2D eigenvalue weighted by Gasteiger charge is -2.19. The monoisotopic (exact) mass is 324 g/mol. The maximum Gasteiger partial charge on any atom is 0.126 e. The van der Waals surface area contributed by atoms with Crippen LogP contribution in [-0.4, -0.2) is 15.2 Å². The molecule has 0 fully saturated rings. The summed E-state index contributed by atoms with van der Waals surface area (Å²) in [6, 6.07) is 10.1. The van der Waals surface area contributed by atoms with E-state index in [0.717, 1.165) is 38.1 Å². The van der Waals surface area contributed by atoms with Crippen LogP contribution in [0.3, 0.4) is 0 Å². The predicted octanol–water partition coefficient (Wildman–Crippen LogP) is 5.16. The van der Waals surface area contributed by atoms with Crippen LogP contribution in [0, 0.1) is 4.91 Å². The number of benzene rings is 1. The Morgan fingerprint density at radius 3 is 2.91 bits per heavy atom. The highest BCUT2D eigenvalue weighted by Crippen LogP contribution is 2.34. The van der Waals surface area contributed by atoms with Gasteiger partial charge in [-0.15, -0.1) is 16.2 Å². The molecule has 1 atom stereocenters. The van der Waals surface area contributed by atoms with E-state index in [1.54, 1.807) is 11.3 Å². The van der Waals surface area contributed by atoms with Gasteiger partial charge in [0.25, 0.3) is 0 Å². The molecule has 5 nitrogen and oxygen atoms in total. The highest BCUT2D eigenvalue weighted by atomic mass is 32.1. The fourth-order valence-electron chi connectivity index (χ4n) is 2.85. The van der Waals surface area contributed by atoms with Crippen LogP contribution in [0.1, 0.15) is 25.8 Å². The van der Waals surface area contributed by atoms with E-state index in [-0.39, 0.29) is 0 Å². The predicted molar refractivity (Wildman–Crippen MR) is 94.7 cm³/mol. The molecule has 3 heterocycles. The molecule has 0 aliphatic heterocycles. The fourth-order valence-corrected chi connectivity index (χ4v) is 3.69. The molecule has 0 spiro atoms. The summed E-state index contributed by atoms with van der Waals surface area (Å²) in [4.78, 5) is 14.6. The van der Waals surface area contributed by atoms with Crippen molar-refractivity contribution < 1.29 is 0 Å². The molecule has 0 unspecified atom stereocenters. The Labute approximate surface area is 136 Å². The summed E-state index contributed by atoms with van der Waals surface area (Å²) in [7, 11) is 0. The van der Waals surface area contributed by atoms with Gasteiger partial charge in [0.1, 0.15) is 11.2 Å². The van der Waals surface area contributed by atoms with Crippen LogP contribution in [0.25, 0.3) is 32.5 Å². The molecular weight excluding hydrogens is 308 g/mol. The Hall–Kier alpha value is -2.47. The zero-order valence-electron chi connectivity index (χ0n) is 12.9. The van der Waals surface area contributed by atoms with Gasteiger partial charge in [0.15, 0.2) is 0 Å². The van der Waals surface area contributed by atoms with E-state index in [1.807, 2.05) is 38.1 Å². The molecule has 6 heteroatoms. The maximum atomic E-state index is 11.2. The molecule has 0 bridgehead atoms. The van der Waals surface area contributed by atoms with Gasteiger partial charge in [-0.05, 0) is 48.6 Å². The SMILES string of the molecule is CC[C@@](C)(N=O)c1ccc2[nH]c(-c3n[nH]c4ccsc34)cc2c1. The molecule has 23 heavy (non-hydrogen) atoms. The Morgan fingerprint density at radius 2 is 2.13 bits per heavy atom. The third kappa shape index (κ3) is 2.09. The molecule has 0 amide bonds. The average Bonchev–Trinajstić information content (AvgIpc) is 3.27. The van der Waals surface area contributed by atoms with E-state index in [9.17, 15) is 4.91 Å². The molecule has 4 aromatic rings. The normalized spacial score (nSPS) is 14.3. The van der Waals surface area contributed by atoms with E-state index >= 15 is 0 Å². The molecule has 0 saturated carbocycles. The van der Waals surface area contributed by atoms with Crippen LogP contribution in [0.5, 0.6) is 0 Å². The molecule has 3 aromatic heterocycles. The van der Waals surface area contributed by atoms with Gasteiger partial charge in [-0.25, -0.2) is 0 Å². The number of rotatable bonds is 4. The van der Waals surface area contributed by atoms with Gasteiger partial charge in [0.2, 0.25) is 0 Å². The van der Waals surface area contributed by atoms with Crippen LogP contribution in [0.2, 0.25) is 0 Å². The van der Waals surface area contributed by atoms with E-state index in [0.29, 0.717) is 6.42 Å². The summed E-state index contributed by atoms with van der Waals surface area (Å²) in [5.41, 5.74) is 4.24. The molecule has 0 aliphatic rings. The number of thiophene rings is 1. The maximum absolute atomic E-state index is 11.2. The zero-order chi connectivity index (χ0) is 16.0. The first-order valence-corrected chi connectivity index (χ1v) is 8.42. The molecule has 1 aromatic carbocycles. The lowest BCUT2D eigenvalue weighted by molar-refractivity contribution is 0.476. The largest absolute Gasteiger partial charge is 0.353 e. The van der Waals surface area contributed by atoms with Crippen molar-refractivity contribution in [3.8, 4) is 11.4 Å². The van der Waals surface area contributed by atoms with Crippen molar-refractivity contribution >= 4 is 32.5 Å². The minimum absolute atomic E-state index is 0.675. The van der Waals surface area contributed by atoms with E-state index in [1.165, 1.54) is 0 Å². The van der Waals surface area contributed by atoms with Gasteiger partial charge in [0, 0.05) is 10.9 Å². The number of hydrogen-bond acceptors (Lipinski definition) is 4. The van der Waals surface area contributed by atoms with Crippen LogP contribution < -0.4 is 0 Å². The van der Waals surface area contributed by atoms with Crippen LogP contribution in [0.15, 0.2) is 40.9 Å². The molecule has 2 N–H and O–H groups in total. The Bertz CT molecular complexity index is 1010. The summed E-state index contributed by atoms with van der Waals surface area (Å²) < 4.78 is 1.14. The average molecular weight is 324 g/mol. The third-order valence-corrected chi connectivity index (χ3v) is 5.48. The van der Waals surface area contributed by atoms with Crippen molar-refractivity contribution in [1.29, 1.82) is 0 Å². The van der Waals surface area contributed by atoms with Gasteiger partial charge >= 0.3 is 0 Å². The number of fused-ring (bicyclic) bond motifs is 2. The Morgan fingerprint density at radius 1 is 1.26 bits per heavy atom. The van der Waals surface area contributed by atoms with Gasteiger partial charge in [-0.2, -0.15) is 5.10 Å². The van der Waals surface area contributed by atoms with Crippen molar-refractivity contribution in [2.24, 2.45) is 5.18 Å². The summed E-state index contributed by atoms with van der Waals surface area (Å²) in [5.74, 6) is 0. The van der Waals surface area contributed by atoms with Gasteiger partial charge in [-0.1, -0.05) is 18.2 Å². The standard InChI is InChI=1S/C17H16N4OS/c1-3-17(2,21-22)11-4-5-12-10(8-11)9-14(18-12)15-16-13(19-20-15)6-7-23-16/h4-9,18H,3H2,1-2H3,(H,19,20)/t17-/m1/s1. The lowest BCUT2D eigenvalue weighted by Crippen LogP contribution is -2.16. The minimum atomic E-state index is -0.682. The van der Waals surface area contributed by atoms with Crippen LogP contribution in [0.4, 0.5) is 0 Å². The van der Waals surface area contributed by atoms with Gasteiger partial charge in [0.05, 0.1) is 15.9 Å². The number of nitroso groups, excluding NO2 is 1. The number of nitrogens with one attached hydrogen (secondary N) is 2. The summed E-state index contributed by atoms with van der Waals surface area (Å²) in [6.07, 6.45) is 0.675.